The van der Waals surface area contributed by atoms with Gasteiger partial charge < -0.3 is 51.0 Å². The van der Waals surface area contributed by atoms with Gasteiger partial charge in [0.2, 0.25) is 0 Å². The maximum absolute atomic E-state index is 13.9. The number of ketones is 1. The summed E-state index contributed by atoms with van der Waals surface area (Å²) in [6.45, 7) is 20.7. The molecule has 710 valence electrons. The number of aliphatic hydroxyl groups is 1. The second kappa shape index (κ2) is 46.2. The van der Waals surface area contributed by atoms with Gasteiger partial charge in [-0.05, 0) is 276 Å². The van der Waals surface area contributed by atoms with E-state index in [1.807, 2.05) is 132 Å². The number of H-pyrrole nitrogens is 1. The van der Waals surface area contributed by atoms with E-state index in [2.05, 4.69) is 225 Å². The molecule has 2 aliphatic rings. The minimum absolute atomic E-state index is 0. The molecule has 0 bridgehead atoms. The summed E-state index contributed by atoms with van der Waals surface area (Å²) in [4.78, 5) is 95.8. The number of nitrogen functional groups attached to an aromatic ring is 1. The molecule has 0 radical (unpaired) electrons. The summed E-state index contributed by atoms with van der Waals surface area (Å²) in [6, 6.07) is 21.8. The zero-order valence-electron chi connectivity index (χ0n) is 76.3. The number of Topliss-reactive ketones (excluding diaryl/α,β-unsaturated/α-hetero) is 1. The topological polar surface area (TPSA) is 439 Å². The molecule has 17 aromatic rings. The van der Waals surface area contributed by atoms with Gasteiger partial charge in [-0.2, -0.15) is 25.5 Å². The fourth-order valence-corrected chi connectivity index (χ4v) is 17.6. The largest absolute Gasteiger partial charge is 0.412 e. The normalized spacial score (nSPS) is 12.2. The summed E-state index contributed by atoms with van der Waals surface area (Å²) in [5.41, 5.74) is 27.2. The van der Waals surface area contributed by atoms with Gasteiger partial charge in [0.15, 0.2) is 11.6 Å². The van der Waals surface area contributed by atoms with Crippen LogP contribution in [0.3, 0.4) is 0 Å². The number of nitrogens with one attached hydrogen (secondary N) is 3. The molecule has 1 atom stereocenters. The van der Waals surface area contributed by atoms with Gasteiger partial charge in [-0.1, -0.05) is 28.2 Å². The SMILES string of the molecule is C.CC(=O)c1cc(Br)ncc1F.CC(O)c1cc(Br)ncc1F.CCc1c(-c2cc(Nc3cc4c(C)nn(C)c4cn3)c(=O)n(C)c2)ccnc1N1CCn2c(cc3c2CC(C)(C)C3)C1=O.CN.Cc1[nH]nc2cnc(Br)cc12.Cc1c2cc(Br)ncc2nn1C.Cc1nn(C)c2cnc(Br)cc12.Cc1nn(C)c2cnc(Nc3cc(Br)cn(C)c3=O)cc12.Cn1cc(Br)cc(N)c1=O.O. The summed E-state index contributed by atoms with van der Waals surface area (Å²) in [7, 11) is 14.2. The molecular formula is C92H102Br7F2N27O7. The van der Waals surface area contributed by atoms with Gasteiger partial charge in [-0.25, -0.2) is 48.7 Å². The average Bonchev–Trinajstić information content (AvgIpc) is 1.70. The first-order valence-corrected chi connectivity index (χ1v) is 46.6. The Kier molecular flexibility index (Phi) is 36.6. The van der Waals surface area contributed by atoms with Gasteiger partial charge in [0.1, 0.15) is 74.4 Å². The van der Waals surface area contributed by atoms with Crippen LogP contribution in [0.25, 0.3) is 65.6 Å². The third kappa shape index (κ3) is 25.5. The standard InChI is InChI=1S/C33H36N8O2.C14H14BrN5O.2C8H8BrN3.C7H7BrFNO.C7H5BrFNO.C7H6BrN3.C6H7BrN2O.CH5N.CH4.H2O/c1-7-22-23(8-9-34-30(22)41-11-10-40-26(32(41)43)13-20-15-33(3,4)16-27(20)40)21-12-25(31(42)38(5)18-21)36-29-14-24-19(2)37-39(6)28(24)17-35-29;1-8-10-5-13(16-6-12(10)20(3)18-8)17-11-4-9(15)7-19(2)14(11)21;1-5-6-3-8(9)10-4-7(6)11-12(5)2;1-5-6-3-8(9)10-4-7(6)12(2)11-5;2*1-4(11)5-2-7(8)10-3-6(5)9;1-4-5-2-7(8)9-3-6(5)11-10-4;1-9-3-4(7)2-5(8)6(9)10;1-2;;/h8-9,12-14,17-18H,7,10-11,15-16H2,1-6H3,(H,35,36);4-7H,1-3H3,(H,16,17);2*3-4H,1-2H3;2-4,11H,1H3;2-3H,1H3;2-3H,1H3,(H,10,11);2-3H,8H2,1H3;2H2,1H3;1H4;1H2. The van der Waals surface area contributed by atoms with Gasteiger partial charge in [0.05, 0.1) is 94.4 Å². The van der Waals surface area contributed by atoms with Crippen molar-refractivity contribution in [1.29, 1.82) is 0 Å². The molecular weight excluding hydrogens is 2190 g/mol. The van der Waals surface area contributed by atoms with Gasteiger partial charge in [-0.3, -0.25) is 52.7 Å². The number of nitrogens with two attached hydrogens (primary N) is 2. The van der Waals surface area contributed by atoms with E-state index in [9.17, 15) is 32.8 Å². The molecule has 1 amide bonds. The number of aromatic amines is 1. The van der Waals surface area contributed by atoms with Gasteiger partial charge >= 0.3 is 0 Å². The van der Waals surface area contributed by atoms with Crippen LogP contribution in [0.4, 0.5) is 43.3 Å². The Balaban J connectivity index is 0.000000187. The minimum atomic E-state index is -0.797. The second-order valence-corrected chi connectivity index (χ2v) is 37.5. The molecule has 0 spiro atoms. The number of hydrogen-bond donors (Lipinski definition) is 6. The number of anilines is 6. The quantitative estimate of drug-likeness (QED) is 0.0577. The monoisotopic (exact) mass is 2290 g/mol. The van der Waals surface area contributed by atoms with Crippen molar-refractivity contribution in [3.63, 3.8) is 0 Å². The van der Waals surface area contributed by atoms with Crippen LogP contribution < -0.4 is 43.7 Å². The molecule has 10 N–H and O–H groups in total. The number of hydrogen-bond acceptors (Lipinski definition) is 23. The highest BCUT2D eigenvalue weighted by molar-refractivity contribution is 9.11. The van der Waals surface area contributed by atoms with Gasteiger partial charge in [0, 0.05) is 157 Å². The fourth-order valence-electron chi connectivity index (χ4n) is 14.9. The molecule has 1 aliphatic carbocycles. The number of carbonyl (C=O) groups is 2. The summed E-state index contributed by atoms with van der Waals surface area (Å²) < 4.78 is 44.7. The first-order chi connectivity index (χ1) is 63.0. The van der Waals surface area contributed by atoms with E-state index in [0.29, 0.717) is 51.0 Å². The maximum Gasteiger partial charge on any atom is 0.276 e. The highest BCUT2D eigenvalue weighted by Crippen LogP contribution is 2.41. The van der Waals surface area contributed by atoms with Crippen LogP contribution in [-0.2, 0) is 75.1 Å². The van der Waals surface area contributed by atoms with Crippen molar-refractivity contribution < 1.29 is 29.0 Å². The number of nitrogens with zero attached hydrogens (tertiary/aromatic N) is 22. The lowest BCUT2D eigenvalue weighted by Gasteiger charge is -2.31. The van der Waals surface area contributed by atoms with Crippen LogP contribution in [0, 0.1) is 51.7 Å². The molecule has 43 heteroatoms. The van der Waals surface area contributed by atoms with Crippen LogP contribution >= 0.6 is 112 Å². The number of fused-ring (bicyclic) bond motifs is 8. The lowest BCUT2D eigenvalue weighted by Crippen LogP contribution is -2.41. The predicted molar refractivity (Wildman–Crippen MR) is 551 cm³/mol. The van der Waals surface area contributed by atoms with E-state index in [0.717, 1.165) is 160 Å². The van der Waals surface area contributed by atoms with Crippen molar-refractivity contribution in [3.8, 4) is 11.1 Å². The van der Waals surface area contributed by atoms with E-state index in [4.69, 9.17) is 15.8 Å². The zero-order valence-corrected chi connectivity index (χ0v) is 87.4. The smallest absolute Gasteiger partial charge is 0.276 e. The Labute approximate surface area is 834 Å². The molecule has 0 saturated heterocycles. The van der Waals surface area contributed by atoms with Crippen LogP contribution in [0.5, 0.6) is 0 Å². The highest BCUT2D eigenvalue weighted by atomic mass is 79.9. The Morgan fingerprint density at radius 2 is 1.03 bits per heavy atom. The third-order valence-electron chi connectivity index (χ3n) is 21.4. The van der Waals surface area contributed by atoms with E-state index >= 15 is 0 Å². The second-order valence-electron chi connectivity index (χ2n) is 31.6. The zero-order chi connectivity index (χ0) is 97.2. The third-order valence-corrected chi connectivity index (χ3v) is 24.5. The summed E-state index contributed by atoms with van der Waals surface area (Å²) in [6.07, 6.45) is 19.8. The molecule has 34 nitrogen and oxygen atoms in total. The van der Waals surface area contributed by atoms with Crippen molar-refractivity contribution in [3.05, 3.63) is 278 Å². The lowest BCUT2D eigenvalue weighted by molar-refractivity contribution is 0.0961. The number of aliphatic hydroxyl groups excluding tert-OH is 1. The summed E-state index contributed by atoms with van der Waals surface area (Å²) in [5.74, 6) is 0.498. The van der Waals surface area contributed by atoms with Gasteiger partial charge in [0.25, 0.3) is 22.6 Å². The molecule has 0 fully saturated rings. The Hall–Kier alpha value is -11.7. The molecule has 1 unspecified atom stereocenters. The number of pyridine rings is 11. The highest BCUT2D eigenvalue weighted by Gasteiger charge is 2.38. The van der Waals surface area contributed by atoms with Crippen molar-refractivity contribution >= 4 is 212 Å². The first kappa shape index (κ1) is 107. The fraction of sp³-hybridized carbons (Fsp3) is 0.283. The summed E-state index contributed by atoms with van der Waals surface area (Å²) in [5, 5.41) is 45.1. The Morgan fingerprint density at radius 1 is 0.556 bits per heavy atom. The minimum Gasteiger partial charge on any atom is -0.412 e. The van der Waals surface area contributed by atoms with Crippen LogP contribution in [0.2, 0.25) is 0 Å². The van der Waals surface area contributed by atoms with Gasteiger partial charge in [-0.15, -0.1) is 0 Å². The summed E-state index contributed by atoms with van der Waals surface area (Å²) >= 11 is 22.7. The predicted octanol–water partition coefficient (Wildman–Crippen LogP) is 17.9. The van der Waals surface area contributed by atoms with Crippen LogP contribution in [-0.4, -0.2) is 143 Å². The number of rotatable bonds is 9. The molecule has 17 aromatic heterocycles. The number of aromatic nitrogens is 22. The van der Waals surface area contributed by atoms with E-state index in [1.165, 1.54) is 53.4 Å². The lowest BCUT2D eigenvalue weighted by atomic mass is 9.90. The van der Waals surface area contributed by atoms with Crippen molar-refractivity contribution in [1.82, 2.24) is 107 Å². The van der Waals surface area contributed by atoms with Crippen molar-refractivity contribution in [2.45, 2.75) is 109 Å². The molecule has 19 rings (SSSR count). The molecule has 0 saturated carbocycles. The molecule has 1 aliphatic heterocycles. The molecule has 18 heterocycles. The number of aryl methyl sites for hydroxylation is 12. The maximum atomic E-state index is 13.9. The van der Waals surface area contributed by atoms with Crippen molar-refractivity contribution in [2.75, 3.05) is 34.9 Å². The van der Waals surface area contributed by atoms with Crippen LogP contribution in [0.1, 0.15) is 120 Å². The Morgan fingerprint density at radius 3 is 1.56 bits per heavy atom. The number of amides is 1. The number of carbonyl (C=O) groups excluding carboxylic acids is 2. The van der Waals surface area contributed by atoms with Crippen LogP contribution in [0.15, 0.2) is 187 Å². The Bertz CT molecular complexity index is 7390. The average molecular weight is 2300 g/mol. The molecule has 0 aromatic carbocycles. The van der Waals surface area contributed by atoms with E-state index in [-0.39, 0.29) is 63.5 Å². The number of halogens is 9. The molecule has 135 heavy (non-hydrogen) atoms. The van der Waals surface area contributed by atoms with Crippen molar-refractivity contribution in [2.24, 2.45) is 60.5 Å². The first-order valence-electron chi connectivity index (χ1n) is 41.0. The van der Waals surface area contributed by atoms with E-state index < -0.39 is 17.7 Å². The van der Waals surface area contributed by atoms with E-state index in [1.54, 1.807) is 90.6 Å².